The Balaban J connectivity index is 1.99. The molecular formula is C19H23N5O6. The normalized spacial score (nSPS) is 26.1. The molecule has 1 fully saturated rings. The number of hydrogen-bond acceptors (Lipinski definition) is 10. The van der Waals surface area contributed by atoms with Gasteiger partial charge in [-0.15, -0.1) is 0 Å². The molecule has 1 aliphatic heterocycles. The SMILES string of the molecule is CCC(=O)OC[C@H]1O[C@@](C#N)(c2ccc3c(N)ncnn23)C[C@H](O)[C@@H]1OC(=O)CC. The van der Waals surface area contributed by atoms with E-state index in [1.54, 1.807) is 26.0 Å². The number of carbonyl (C=O) groups is 2. The number of aliphatic hydroxyl groups is 1. The number of nitrogens with two attached hydrogens (primary N) is 1. The number of esters is 2. The maximum Gasteiger partial charge on any atom is 0.305 e. The van der Waals surface area contributed by atoms with Crippen molar-refractivity contribution < 1.29 is 28.9 Å². The van der Waals surface area contributed by atoms with Crippen molar-refractivity contribution in [1.82, 2.24) is 14.6 Å². The summed E-state index contributed by atoms with van der Waals surface area (Å²) < 4.78 is 17.9. The lowest BCUT2D eigenvalue weighted by Crippen LogP contribution is -2.56. The summed E-state index contributed by atoms with van der Waals surface area (Å²) in [6.07, 6.45) is -2.14. The number of anilines is 1. The van der Waals surface area contributed by atoms with Crippen molar-refractivity contribution >= 4 is 23.3 Å². The van der Waals surface area contributed by atoms with Crippen molar-refractivity contribution in [2.24, 2.45) is 0 Å². The lowest BCUT2D eigenvalue weighted by atomic mass is 9.86. The molecule has 0 saturated carbocycles. The summed E-state index contributed by atoms with van der Waals surface area (Å²) in [7, 11) is 0. The average Bonchev–Trinajstić information content (AvgIpc) is 3.19. The van der Waals surface area contributed by atoms with E-state index < -0.39 is 35.9 Å². The summed E-state index contributed by atoms with van der Waals surface area (Å²) in [6, 6.07) is 5.33. The van der Waals surface area contributed by atoms with Gasteiger partial charge in [0.05, 0.1) is 11.8 Å². The van der Waals surface area contributed by atoms with Crippen LogP contribution in [0.1, 0.15) is 38.8 Å². The second-order valence-electron chi connectivity index (χ2n) is 6.87. The van der Waals surface area contributed by atoms with Crippen molar-refractivity contribution in [1.29, 1.82) is 5.26 Å². The number of aromatic nitrogens is 3. The van der Waals surface area contributed by atoms with E-state index in [9.17, 15) is 20.0 Å². The molecule has 30 heavy (non-hydrogen) atoms. The lowest BCUT2D eigenvalue weighted by molar-refractivity contribution is -0.227. The van der Waals surface area contributed by atoms with Gasteiger partial charge < -0.3 is 25.1 Å². The number of nitrogen functional groups attached to an aromatic ring is 1. The highest BCUT2D eigenvalue weighted by Crippen LogP contribution is 2.39. The Morgan fingerprint density at radius 2 is 2.13 bits per heavy atom. The average molecular weight is 417 g/mol. The summed E-state index contributed by atoms with van der Waals surface area (Å²) in [6.45, 7) is 2.94. The highest BCUT2D eigenvalue weighted by atomic mass is 16.6. The Bertz CT molecular complexity index is 985. The van der Waals surface area contributed by atoms with Gasteiger partial charge in [0, 0.05) is 19.3 Å². The third-order valence-electron chi connectivity index (χ3n) is 4.92. The topological polar surface area (TPSA) is 162 Å². The molecule has 160 valence electrons. The van der Waals surface area contributed by atoms with Crippen LogP contribution in [0.4, 0.5) is 5.82 Å². The Labute approximate surface area is 172 Å². The second kappa shape index (κ2) is 8.64. The van der Waals surface area contributed by atoms with Gasteiger partial charge in [0.25, 0.3) is 0 Å². The Kier molecular flexibility index (Phi) is 6.19. The summed E-state index contributed by atoms with van der Waals surface area (Å²) in [4.78, 5) is 27.4. The van der Waals surface area contributed by atoms with Crippen LogP contribution in [-0.2, 0) is 29.4 Å². The van der Waals surface area contributed by atoms with Crippen LogP contribution in [-0.4, -0.2) is 56.6 Å². The molecule has 0 aliphatic carbocycles. The van der Waals surface area contributed by atoms with Crippen molar-refractivity contribution in [3.8, 4) is 6.07 Å². The first-order valence-corrected chi connectivity index (χ1v) is 9.56. The number of rotatable bonds is 6. The number of nitriles is 1. The molecule has 1 aliphatic rings. The molecule has 0 bridgehead atoms. The van der Waals surface area contributed by atoms with E-state index in [-0.39, 0.29) is 31.7 Å². The lowest BCUT2D eigenvalue weighted by Gasteiger charge is -2.42. The summed E-state index contributed by atoms with van der Waals surface area (Å²) in [5.41, 5.74) is 5.01. The minimum Gasteiger partial charge on any atom is -0.463 e. The van der Waals surface area contributed by atoms with Gasteiger partial charge in [-0.2, -0.15) is 10.4 Å². The third kappa shape index (κ3) is 3.92. The summed E-state index contributed by atoms with van der Waals surface area (Å²) in [5, 5.41) is 24.9. The van der Waals surface area contributed by atoms with Gasteiger partial charge in [-0.25, -0.2) is 9.50 Å². The number of fused-ring (bicyclic) bond motifs is 1. The van der Waals surface area contributed by atoms with Crippen LogP contribution in [0.15, 0.2) is 18.5 Å². The molecular weight excluding hydrogens is 394 g/mol. The standard InChI is InChI=1S/C19H23N5O6/c1-3-15(26)28-8-13-17(29-16(27)4-2)12(25)7-19(9-20,30-13)14-6-5-11-18(21)22-10-23-24(11)14/h5-6,10,12-13,17,25H,3-4,7-8H2,1-2H3,(H2,21,22,23)/t12-,13+,17-,19-/m0/s1. The van der Waals surface area contributed by atoms with E-state index in [4.69, 9.17) is 19.9 Å². The smallest absolute Gasteiger partial charge is 0.305 e. The first-order chi connectivity index (χ1) is 14.3. The highest BCUT2D eigenvalue weighted by Gasteiger charge is 2.51. The fourth-order valence-corrected chi connectivity index (χ4v) is 3.38. The first kappa shape index (κ1) is 21.5. The van der Waals surface area contributed by atoms with Crippen molar-refractivity contribution in [3.05, 3.63) is 24.2 Å². The minimum absolute atomic E-state index is 0.0909. The molecule has 11 heteroatoms. The van der Waals surface area contributed by atoms with Gasteiger partial charge in [-0.05, 0) is 12.1 Å². The van der Waals surface area contributed by atoms with Crippen LogP contribution in [0.5, 0.6) is 0 Å². The van der Waals surface area contributed by atoms with Crippen LogP contribution in [0.3, 0.4) is 0 Å². The van der Waals surface area contributed by atoms with Crippen molar-refractivity contribution in [2.75, 3.05) is 12.3 Å². The first-order valence-electron chi connectivity index (χ1n) is 9.56. The van der Waals surface area contributed by atoms with E-state index >= 15 is 0 Å². The molecule has 3 rings (SSSR count). The third-order valence-corrected chi connectivity index (χ3v) is 4.92. The fourth-order valence-electron chi connectivity index (χ4n) is 3.38. The Morgan fingerprint density at radius 1 is 1.40 bits per heavy atom. The van der Waals surface area contributed by atoms with Crippen molar-refractivity contribution in [3.63, 3.8) is 0 Å². The van der Waals surface area contributed by atoms with Gasteiger partial charge >= 0.3 is 11.9 Å². The molecule has 2 aromatic heterocycles. The predicted molar refractivity (Wildman–Crippen MR) is 102 cm³/mol. The number of hydrogen-bond donors (Lipinski definition) is 2. The molecule has 4 atom stereocenters. The largest absolute Gasteiger partial charge is 0.463 e. The molecule has 0 unspecified atom stereocenters. The quantitative estimate of drug-likeness (QED) is 0.631. The maximum absolute atomic E-state index is 11.8. The van der Waals surface area contributed by atoms with Gasteiger partial charge in [0.1, 0.15) is 30.6 Å². The van der Waals surface area contributed by atoms with Gasteiger partial charge in [0.2, 0.25) is 0 Å². The number of nitrogens with zero attached hydrogens (tertiary/aromatic N) is 4. The van der Waals surface area contributed by atoms with Crippen molar-refractivity contribution in [2.45, 2.75) is 57.0 Å². The molecule has 0 amide bonds. The van der Waals surface area contributed by atoms with Crippen LogP contribution in [0.2, 0.25) is 0 Å². The van der Waals surface area contributed by atoms with Crippen LogP contribution in [0, 0.1) is 11.3 Å². The second-order valence-corrected chi connectivity index (χ2v) is 6.87. The zero-order chi connectivity index (χ0) is 21.9. The van der Waals surface area contributed by atoms with Gasteiger partial charge in [-0.1, -0.05) is 13.8 Å². The van der Waals surface area contributed by atoms with Gasteiger partial charge in [-0.3, -0.25) is 9.59 Å². The minimum atomic E-state index is -1.65. The molecule has 0 radical (unpaired) electrons. The molecule has 11 nitrogen and oxygen atoms in total. The fraction of sp³-hybridized carbons (Fsp3) is 0.526. The zero-order valence-corrected chi connectivity index (χ0v) is 16.6. The summed E-state index contributed by atoms with van der Waals surface area (Å²) >= 11 is 0. The number of ether oxygens (including phenoxy) is 3. The number of aliphatic hydroxyl groups excluding tert-OH is 1. The monoisotopic (exact) mass is 417 g/mol. The molecule has 3 heterocycles. The maximum atomic E-state index is 11.8. The van der Waals surface area contributed by atoms with E-state index in [1.165, 1.54) is 10.8 Å². The van der Waals surface area contributed by atoms with Crippen LogP contribution >= 0.6 is 0 Å². The molecule has 0 spiro atoms. The molecule has 2 aromatic rings. The van der Waals surface area contributed by atoms with Gasteiger partial charge in [0.15, 0.2) is 17.5 Å². The van der Waals surface area contributed by atoms with Crippen LogP contribution < -0.4 is 5.73 Å². The molecule has 1 saturated heterocycles. The summed E-state index contributed by atoms with van der Waals surface area (Å²) in [5.74, 6) is -0.827. The van der Waals surface area contributed by atoms with E-state index in [0.717, 1.165) is 0 Å². The van der Waals surface area contributed by atoms with E-state index in [2.05, 4.69) is 16.2 Å². The van der Waals surface area contributed by atoms with E-state index in [1.807, 2.05) is 0 Å². The highest BCUT2D eigenvalue weighted by molar-refractivity contribution is 5.70. The Morgan fingerprint density at radius 3 is 2.80 bits per heavy atom. The number of carbonyl (C=O) groups excluding carboxylic acids is 2. The van der Waals surface area contributed by atoms with Crippen LogP contribution in [0.25, 0.3) is 5.52 Å². The zero-order valence-electron chi connectivity index (χ0n) is 16.6. The molecule has 0 aromatic carbocycles. The van der Waals surface area contributed by atoms with E-state index in [0.29, 0.717) is 11.2 Å². The predicted octanol–water partition coefficient (Wildman–Crippen LogP) is 0.455. The molecule has 3 N–H and O–H groups in total. The Hall–Kier alpha value is -3.23.